The Morgan fingerprint density at radius 2 is 1.96 bits per heavy atom. The van der Waals surface area contributed by atoms with E-state index in [2.05, 4.69) is 5.16 Å². The summed E-state index contributed by atoms with van der Waals surface area (Å²) in [5.41, 5.74) is 0.975. The third-order valence-electron chi connectivity index (χ3n) is 4.39. The highest BCUT2D eigenvalue weighted by molar-refractivity contribution is 7.89. The van der Waals surface area contributed by atoms with Crippen LogP contribution >= 0.6 is 0 Å². The summed E-state index contributed by atoms with van der Waals surface area (Å²) in [6.45, 7) is 4.72. The van der Waals surface area contributed by atoms with Gasteiger partial charge in [-0.25, -0.2) is 8.42 Å². The molecule has 3 rings (SSSR count). The molecule has 0 spiro atoms. The van der Waals surface area contributed by atoms with Gasteiger partial charge in [0, 0.05) is 45.6 Å². The summed E-state index contributed by atoms with van der Waals surface area (Å²) in [5.74, 6) is 0.219. The van der Waals surface area contributed by atoms with E-state index in [0.717, 1.165) is 0 Å². The Morgan fingerprint density at radius 1 is 1.20 bits per heavy atom. The Morgan fingerprint density at radius 3 is 2.56 bits per heavy atom. The number of amides is 1. The molecule has 3 heterocycles. The van der Waals surface area contributed by atoms with E-state index in [1.54, 1.807) is 31.0 Å². The average Bonchev–Trinajstić information content (AvgIpc) is 3.03. The first-order chi connectivity index (χ1) is 11.8. The van der Waals surface area contributed by atoms with Crippen LogP contribution in [0.4, 0.5) is 0 Å². The standard InChI is InChI=1S/C16H22N4O4S/c1-12-15(13(2)24-17-12)25(22,23)20-7-4-6-19(9-10-20)16(21)14-5-8-18(3)11-14/h5,8,11H,4,6-7,9-10H2,1-3H3. The van der Waals surface area contributed by atoms with Gasteiger partial charge in [-0.1, -0.05) is 5.16 Å². The molecular weight excluding hydrogens is 344 g/mol. The number of nitrogens with zero attached hydrogens (tertiary/aromatic N) is 4. The maximum absolute atomic E-state index is 12.9. The lowest BCUT2D eigenvalue weighted by Gasteiger charge is -2.21. The quantitative estimate of drug-likeness (QED) is 0.813. The van der Waals surface area contributed by atoms with Crippen LogP contribution < -0.4 is 0 Å². The lowest BCUT2D eigenvalue weighted by Crippen LogP contribution is -2.37. The summed E-state index contributed by atoms with van der Waals surface area (Å²) >= 11 is 0. The minimum absolute atomic E-state index is 0.0720. The van der Waals surface area contributed by atoms with E-state index >= 15 is 0 Å². The van der Waals surface area contributed by atoms with Gasteiger partial charge in [-0.3, -0.25) is 4.79 Å². The van der Waals surface area contributed by atoms with Crippen molar-refractivity contribution in [1.82, 2.24) is 18.9 Å². The average molecular weight is 366 g/mol. The van der Waals surface area contributed by atoms with Crippen molar-refractivity contribution < 1.29 is 17.7 Å². The second kappa shape index (κ2) is 6.64. The molecule has 136 valence electrons. The molecule has 25 heavy (non-hydrogen) atoms. The maximum Gasteiger partial charge on any atom is 0.255 e. The summed E-state index contributed by atoms with van der Waals surface area (Å²) in [5, 5.41) is 3.74. The molecule has 0 aromatic carbocycles. The van der Waals surface area contributed by atoms with Crippen LogP contribution in [-0.2, 0) is 17.1 Å². The van der Waals surface area contributed by atoms with Crippen molar-refractivity contribution in [1.29, 1.82) is 0 Å². The van der Waals surface area contributed by atoms with Crippen molar-refractivity contribution in [3.8, 4) is 0 Å². The van der Waals surface area contributed by atoms with Crippen LogP contribution in [0.2, 0.25) is 0 Å². The van der Waals surface area contributed by atoms with Crippen molar-refractivity contribution in [3.63, 3.8) is 0 Å². The molecule has 1 aliphatic rings. The van der Waals surface area contributed by atoms with E-state index < -0.39 is 10.0 Å². The van der Waals surface area contributed by atoms with E-state index in [0.29, 0.717) is 43.1 Å². The molecule has 9 heteroatoms. The molecule has 1 fully saturated rings. The number of carbonyl (C=O) groups is 1. The van der Waals surface area contributed by atoms with Gasteiger partial charge >= 0.3 is 0 Å². The fourth-order valence-electron chi connectivity index (χ4n) is 3.12. The first-order valence-electron chi connectivity index (χ1n) is 8.15. The smallest absolute Gasteiger partial charge is 0.255 e. The van der Waals surface area contributed by atoms with E-state index in [1.165, 1.54) is 4.31 Å². The zero-order chi connectivity index (χ0) is 18.2. The molecule has 0 bridgehead atoms. The van der Waals surface area contributed by atoms with Gasteiger partial charge in [-0.2, -0.15) is 4.31 Å². The molecule has 1 amide bonds. The minimum Gasteiger partial charge on any atom is -0.360 e. The minimum atomic E-state index is -3.68. The van der Waals surface area contributed by atoms with Crippen LogP contribution in [0.5, 0.6) is 0 Å². The second-order valence-corrected chi connectivity index (χ2v) is 8.14. The van der Waals surface area contributed by atoms with Gasteiger partial charge in [0.05, 0.1) is 5.56 Å². The van der Waals surface area contributed by atoms with Crippen molar-refractivity contribution in [3.05, 3.63) is 35.5 Å². The Labute approximate surface area is 147 Å². The zero-order valence-corrected chi connectivity index (χ0v) is 15.4. The third kappa shape index (κ3) is 3.34. The SMILES string of the molecule is Cc1noc(C)c1S(=O)(=O)N1CCCN(C(=O)c2ccn(C)c2)CC1. The molecule has 8 nitrogen and oxygen atoms in total. The molecule has 0 saturated carbocycles. The van der Waals surface area contributed by atoms with Crippen molar-refractivity contribution >= 4 is 15.9 Å². The molecule has 1 saturated heterocycles. The topological polar surface area (TPSA) is 88.7 Å². The van der Waals surface area contributed by atoms with E-state index in [9.17, 15) is 13.2 Å². The molecule has 2 aromatic heterocycles. The van der Waals surface area contributed by atoms with E-state index in [1.807, 2.05) is 17.8 Å². The fourth-order valence-corrected chi connectivity index (χ4v) is 4.88. The predicted molar refractivity (Wildman–Crippen MR) is 90.7 cm³/mol. The second-order valence-electron chi connectivity index (χ2n) is 6.27. The van der Waals surface area contributed by atoms with Crippen LogP contribution in [0.15, 0.2) is 27.9 Å². The maximum atomic E-state index is 12.9. The van der Waals surface area contributed by atoms with Gasteiger partial charge in [-0.05, 0) is 26.3 Å². The molecule has 0 radical (unpaired) electrons. The van der Waals surface area contributed by atoms with Gasteiger partial charge in [0.1, 0.15) is 10.6 Å². The van der Waals surface area contributed by atoms with Gasteiger partial charge in [0.15, 0.2) is 5.76 Å². The number of aromatic nitrogens is 2. The highest BCUT2D eigenvalue weighted by atomic mass is 32.2. The van der Waals surface area contributed by atoms with Crippen molar-refractivity contribution in [2.75, 3.05) is 26.2 Å². The Balaban J connectivity index is 1.76. The zero-order valence-electron chi connectivity index (χ0n) is 14.6. The normalized spacial score (nSPS) is 16.8. The van der Waals surface area contributed by atoms with Gasteiger partial charge in [0.2, 0.25) is 10.0 Å². The van der Waals surface area contributed by atoms with Crippen LogP contribution in [0.1, 0.15) is 28.2 Å². The van der Waals surface area contributed by atoms with Crippen LogP contribution in [0.3, 0.4) is 0 Å². The number of hydrogen-bond donors (Lipinski definition) is 0. The molecule has 0 N–H and O–H groups in total. The van der Waals surface area contributed by atoms with Crippen molar-refractivity contribution in [2.45, 2.75) is 25.2 Å². The number of sulfonamides is 1. The van der Waals surface area contributed by atoms with Gasteiger partial charge < -0.3 is 14.0 Å². The number of aryl methyl sites for hydroxylation is 3. The summed E-state index contributed by atoms with van der Waals surface area (Å²) in [6, 6.07) is 1.77. The highest BCUT2D eigenvalue weighted by Gasteiger charge is 2.33. The molecule has 0 unspecified atom stereocenters. The number of rotatable bonds is 3. The molecule has 0 atom stereocenters. The fraction of sp³-hybridized carbons (Fsp3) is 0.500. The van der Waals surface area contributed by atoms with Crippen LogP contribution in [0.25, 0.3) is 0 Å². The van der Waals surface area contributed by atoms with Crippen LogP contribution in [-0.4, -0.2) is 59.4 Å². The van der Waals surface area contributed by atoms with Crippen LogP contribution in [0, 0.1) is 13.8 Å². The summed E-state index contributed by atoms with van der Waals surface area (Å²) in [7, 11) is -1.82. The Hall–Kier alpha value is -2.13. The Kier molecular flexibility index (Phi) is 4.70. The van der Waals surface area contributed by atoms with Crippen molar-refractivity contribution in [2.24, 2.45) is 7.05 Å². The lowest BCUT2D eigenvalue weighted by atomic mass is 10.3. The monoisotopic (exact) mass is 366 g/mol. The first kappa shape index (κ1) is 17.7. The van der Waals surface area contributed by atoms with E-state index in [-0.39, 0.29) is 17.3 Å². The molecule has 2 aromatic rings. The van der Waals surface area contributed by atoms with E-state index in [4.69, 9.17) is 4.52 Å². The summed E-state index contributed by atoms with van der Waals surface area (Å²) in [4.78, 5) is 14.4. The predicted octanol–water partition coefficient (Wildman–Crippen LogP) is 1.17. The lowest BCUT2D eigenvalue weighted by molar-refractivity contribution is 0.0764. The molecule has 0 aliphatic carbocycles. The molecule has 1 aliphatic heterocycles. The third-order valence-corrected chi connectivity index (χ3v) is 6.53. The first-order valence-corrected chi connectivity index (χ1v) is 9.59. The van der Waals surface area contributed by atoms with Gasteiger partial charge in [-0.15, -0.1) is 0 Å². The number of hydrogen-bond acceptors (Lipinski definition) is 5. The number of carbonyl (C=O) groups excluding carboxylic acids is 1. The largest absolute Gasteiger partial charge is 0.360 e. The summed E-state index contributed by atoms with van der Waals surface area (Å²) in [6.07, 6.45) is 4.17. The highest BCUT2D eigenvalue weighted by Crippen LogP contribution is 2.24. The summed E-state index contributed by atoms with van der Waals surface area (Å²) < 4.78 is 34.1. The Bertz CT molecular complexity index is 864. The van der Waals surface area contributed by atoms with Gasteiger partial charge in [0.25, 0.3) is 5.91 Å². The molecular formula is C16H22N4O4S.